The maximum atomic E-state index is 11.2. The van der Waals surface area contributed by atoms with Crippen LogP contribution in [0.2, 0.25) is 0 Å². The largest absolute Gasteiger partial charge is 0.478 e. The maximum absolute atomic E-state index is 11.2. The van der Waals surface area contributed by atoms with E-state index in [-0.39, 0.29) is 6.54 Å². The highest BCUT2D eigenvalue weighted by Crippen LogP contribution is 2.26. The van der Waals surface area contributed by atoms with Gasteiger partial charge in [0.25, 0.3) is 5.72 Å². The van der Waals surface area contributed by atoms with Gasteiger partial charge in [-0.2, -0.15) is 0 Å². The molecule has 0 spiro atoms. The fraction of sp³-hybridized carbons (Fsp3) is 0.667. The molecule has 1 aliphatic rings. The van der Waals surface area contributed by atoms with E-state index in [1.54, 1.807) is 0 Å². The van der Waals surface area contributed by atoms with Crippen LogP contribution in [-0.4, -0.2) is 51.3 Å². The first-order chi connectivity index (χ1) is 7.80. The summed E-state index contributed by atoms with van der Waals surface area (Å²) in [5.74, 6) is -2.52. The Hall–Kier alpha value is -1.83. The van der Waals surface area contributed by atoms with E-state index >= 15 is 0 Å². The summed E-state index contributed by atoms with van der Waals surface area (Å²) in [5, 5.41) is 28.9. The van der Waals surface area contributed by atoms with Gasteiger partial charge in [-0.3, -0.25) is 10.2 Å². The van der Waals surface area contributed by atoms with E-state index in [9.17, 15) is 14.7 Å². The van der Waals surface area contributed by atoms with Crippen LogP contribution < -0.4 is 11.1 Å². The van der Waals surface area contributed by atoms with Gasteiger partial charge >= 0.3 is 5.97 Å². The predicted octanol–water partition coefficient (Wildman–Crippen LogP) is -1.75. The minimum Gasteiger partial charge on any atom is -0.478 e. The summed E-state index contributed by atoms with van der Waals surface area (Å²) in [6, 6.07) is -0.991. The van der Waals surface area contributed by atoms with E-state index < -0.39 is 29.6 Å². The van der Waals surface area contributed by atoms with Crippen molar-refractivity contribution in [2.45, 2.75) is 31.5 Å². The average molecular weight is 244 g/mol. The second-order valence-electron chi connectivity index (χ2n) is 3.96. The van der Waals surface area contributed by atoms with Crippen molar-refractivity contribution in [1.29, 1.82) is 5.41 Å². The summed E-state index contributed by atoms with van der Waals surface area (Å²) >= 11 is 0. The minimum atomic E-state index is -2.37. The number of guanidine groups is 1. The number of likely N-dealkylation sites (tertiary alicyclic amines) is 1. The van der Waals surface area contributed by atoms with Crippen molar-refractivity contribution in [3.8, 4) is 0 Å². The van der Waals surface area contributed by atoms with Crippen molar-refractivity contribution >= 4 is 17.8 Å². The Morgan fingerprint density at radius 2 is 2.18 bits per heavy atom. The second kappa shape index (κ2) is 4.58. The number of hydrogen-bond acceptors (Lipinski definition) is 4. The third-order valence-corrected chi connectivity index (χ3v) is 2.75. The third kappa shape index (κ3) is 2.31. The lowest BCUT2D eigenvalue weighted by Gasteiger charge is -2.45. The summed E-state index contributed by atoms with van der Waals surface area (Å²) in [6.07, 6.45) is 0.840. The van der Waals surface area contributed by atoms with Gasteiger partial charge in [0.05, 0.1) is 6.04 Å². The zero-order valence-electron chi connectivity index (χ0n) is 9.43. The molecule has 0 aromatic carbocycles. The lowest BCUT2D eigenvalue weighted by molar-refractivity contribution is -0.186. The molecule has 1 heterocycles. The molecular formula is C9H16N4O4. The monoisotopic (exact) mass is 244 g/mol. The topological polar surface area (TPSA) is 140 Å². The van der Waals surface area contributed by atoms with Gasteiger partial charge in [0.2, 0.25) is 5.91 Å². The molecule has 0 aromatic heterocycles. The normalized spacial score (nSPS) is 28.6. The minimum absolute atomic E-state index is 0.161. The number of aliphatic hydroxyl groups is 1. The van der Waals surface area contributed by atoms with Crippen molar-refractivity contribution < 1.29 is 19.8 Å². The zero-order valence-corrected chi connectivity index (χ0v) is 9.43. The van der Waals surface area contributed by atoms with Crippen LogP contribution in [0.1, 0.15) is 19.8 Å². The van der Waals surface area contributed by atoms with E-state index in [1.807, 2.05) is 0 Å². The van der Waals surface area contributed by atoms with Crippen LogP contribution in [-0.2, 0) is 9.59 Å². The Balaban J connectivity index is 3.08. The number of carboxylic acids is 1. The summed E-state index contributed by atoms with van der Waals surface area (Å²) in [5.41, 5.74) is 2.88. The van der Waals surface area contributed by atoms with E-state index in [2.05, 4.69) is 5.32 Å². The Morgan fingerprint density at radius 1 is 1.59 bits per heavy atom. The molecule has 1 amide bonds. The van der Waals surface area contributed by atoms with Crippen LogP contribution >= 0.6 is 0 Å². The van der Waals surface area contributed by atoms with Crippen LogP contribution in [0.5, 0.6) is 0 Å². The SMILES string of the molecule is CC(=O)N[C@H]1CCCN(C(=N)N)[C@]1(O)C(=O)O. The number of carbonyl (C=O) groups is 2. The van der Waals surface area contributed by atoms with E-state index in [1.165, 1.54) is 6.92 Å². The Kier molecular flexibility index (Phi) is 3.56. The third-order valence-electron chi connectivity index (χ3n) is 2.75. The molecule has 8 nitrogen and oxygen atoms in total. The lowest BCUT2D eigenvalue weighted by atomic mass is 9.92. The first kappa shape index (κ1) is 13.2. The fourth-order valence-corrected chi connectivity index (χ4v) is 2.00. The standard InChI is InChI=1S/C9H16N4O4/c1-5(14)12-6-3-2-4-13(8(10)11)9(6,17)7(15)16/h6,17H,2-4H2,1H3,(H3,10,11)(H,12,14)(H,15,16)/t6-,9+/m0/s1. The molecule has 0 radical (unpaired) electrons. The van der Waals surface area contributed by atoms with E-state index in [0.29, 0.717) is 12.8 Å². The molecule has 0 saturated carbocycles. The number of aliphatic carboxylic acids is 1. The quantitative estimate of drug-likeness (QED) is 0.288. The molecule has 2 atom stereocenters. The van der Waals surface area contributed by atoms with E-state index in [0.717, 1.165) is 4.90 Å². The molecule has 1 fully saturated rings. The number of hydrogen-bond donors (Lipinski definition) is 5. The first-order valence-corrected chi connectivity index (χ1v) is 5.14. The molecule has 0 unspecified atom stereocenters. The lowest BCUT2D eigenvalue weighted by Crippen LogP contribution is -2.71. The number of amides is 1. The number of nitrogens with zero attached hydrogens (tertiary/aromatic N) is 1. The maximum Gasteiger partial charge on any atom is 0.359 e. The molecule has 1 saturated heterocycles. The Labute approximate surface area is 97.9 Å². The number of rotatable bonds is 2. The summed E-state index contributed by atoms with van der Waals surface area (Å²) in [6.45, 7) is 1.39. The Bertz CT molecular complexity index is 359. The highest BCUT2D eigenvalue weighted by molar-refractivity contribution is 5.87. The summed E-state index contributed by atoms with van der Waals surface area (Å²) in [4.78, 5) is 23.0. The van der Waals surface area contributed by atoms with Crippen molar-refractivity contribution in [1.82, 2.24) is 10.2 Å². The highest BCUT2D eigenvalue weighted by atomic mass is 16.4. The van der Waals surface area contributed by atoms with Crippen LogP contribution in [0.25, 0.3) is 0 Å². The van der Waals surface area contributed by atoms with Gasteiger partial charge < -0.3 is 26.2 Å². The molecule has 1 rings (SSSR count). The number of nitrogens with one attached hydrogen (secondary N) is 2. The van der Waals surface area contributed by atoms with Crippen molar-refractivity contribution in [2.24, 2.45) is 5.73 Å². The highest BCUT2D eigenvalue weighted by Gasteiger charge is 2.52. The molecule has 8 heteroatoms. The van der Waals surface area contributed by atoms with Crippen molar-refractivity contribution in [3.05, 3.63) is 0 Å². The van der Waals surface area contributed by atoms with Gasteiger partial charge in [-0.15, -0.1) is 0 Å². The van der Waals surface area contributed by atoms with Crippen molar-refractivity contribution in [2.75, 3.05) is 6.54 Å². The van der Waals surface area contributed by atoms with Crippen LogP contribution in [0.4, 0.5) is 0 Å². The van der Waals surface area contributed by atoms with Gasteiger partial charge in [0.1, 0.15) is 0 Å². The molecule has 0 aromatic rings. The number of piperidine rings is 1. The summed E-state index contributed by atoms with van der Waals surface area (Å²) in [7, 11) is 0. The number of carbonyl (C=O) groups excluding carboxylic acids is 1. The van der Waals surface area contributed by atoms with Gasteiger partial charge in [0, 0.05) is 13.5 Å². The molecule has 0 aliphatic carbocycles. The average Bonchev–Trinajstić information content (AvgIpc) is 2.19. The number of carboxylic acid groups (broad SMARTS) is 1. The predicted molar refractivity (Wildman–Crippen MR) is 58.0 cm³/mol. The van der Waals surface area contributed by atoms with Gasteiger partial charge in [-0.1, -0.05) is 0 Å². The summed E-state index contributed by atoms with van der Waals surface area (Å²) < 4.78 is 0. The van der Waals surface area contributed by atoms with Gasteiger partial charge in [-0.05, 0) is 12.8 Å². The smallest absolute Gasteiger partial charge is 0.359 e. The van der Waals surface area contributed by atoms with E-state index in [4.69, 9.17) is 16.2 Å². The molecular weight excluding hydrogens is 228 g/mol. The number of nitrogens with two attached hydrogens (primary N) is 1. The van der Waals surface area contributed by atoms with Crippen molar-refractivity contribution in [3.63, 3.8) is 0 Å². The van der Waals surface area contributed by atoms with Crippen LogP contribution in [0.15, 0.2) is 0 Å². The fourth-order valence-electron chi connectivity index (χ4n) is 2.00. The molecule has 96 valence electrons. The van der Waals surface area contributed by atoms with Gasteiger partial charge in [-0.25, -0.2) is 4.79 Å². The Morgan fingerprint density at radius 3 is 2.59 bits per heavy atom. The molecule has 0 bridgehead atoms. The zero-order chi connectivity index (χ0) is 13.2. The molecule has 6 N–H and O–H groups in total. The molecule has 17 heavy (non-hydrogen) atoms. The second-order valence-corrected chi connectivity index (χ2v) is 3.96. The first-order valence-electron chi connectivity index (χ1n) is 5.14. The molecule has 1 aliphatic heterocycles. The van der Waals surface area contributed by atoms with Crippen LogP contribution in [0, 0.1) is 5.41 Å². The van der Waals surface area contributed by atoms with Crippen LogP contribution in [0.3, 0.4) is 0 Å². The van der Waals surface area contributed by atoms with Gasteiger partial charge in [0.15, 0.2) is 5.96 Å².